The summed E-state index contributed by atoms with van der Waals surface area (Å²) >= 11 is 5.97. The number of benzene rings is 1. The Morgan fingerprint density at radius 1 is 1.12 bits per heavy atom. The zero-order valence-electron chi connectivity index (χ0n) is 17.8. The number of halogens is 1. The molecule has 0 bridgehead atoms. The Hall–Kier alpha value is -2.95. The monoisotopic (exact) mass is 491 g/mol. The van der Waals surface area contributed by atoms with Crippen LogP contribution < -0.4 is 0 Å². The van der Waals surface area contributed by atoms with E-state index in [-0.39, 0.29) is 30.2 Å². The summed E-state index contributed by atoms with van der Waals surface area (Å²) in [6.45, 7) is 0.304. The van der Waals surface area contributed by atoms with Crippen LogP contribution in [0.3, 0.4) is 0 Å². The van der Waals surface area contributed by atoms with Crippen molar-refractivity contribution in [3.8, 4) is 0 Å². The molecule has 1 saturated heterocycles. The Morgan fingerprint density at radius 3 is 2.58 bits per heavy atom. The van der Waals surface area contributed by atoms with Crippen molar-refractivity contribution in [1.82, 2.24) is 13.7 Å². The van der Waals surface area contributed by atoms with Crippen molar-refractivity contribution in [2.75, 3.05) is 20.2 Å². The van der Waals surface area contributed by atoms with Crippen LogP contribution in [-0.4, -0.2) is 54.2 Å². The molecule has 3 aromatic rings. The van der Waals surface area contributed by atoms with Crippen molar-refractivity contribution >= 4 is 39.2 Å². The first-order valence-electron chi connectivity index (χ1n) is 10.3. The first-order chi connectivity index (χ1) is 15.8. The van der Waals surface area contributed by atoms with E-state index in [2.05, 4.69) is 4.98 Å². The lowest BCUT2D eigenvalue weighted by Gasteiger charge is -2.30. The van der Waals surface area contributed by atoms with Gasteiger partial charge in [0.2, 0.25) is 10.0 Å². The molecule has 0 aliphatic carbocycles. The van der Waals surface area contributed by atoms with E-state index in [0.29, 0.717) is 29.2 Å². The number of aromatic nitrogens is 2. The summed E-state index contributed by atoms with van der Waals surface area (Å²) in [7, 11) is -2.72. The lowest BCUT2D eigenvalue weighted by atomic mass is 9.98. The Kier molecular flexibility index (Phi) is 6.68. The number of hydrogen-bond acceptors (Lipinski definition) is 7. The largest absolute Gasteiger partial charge is 0.465 e. The fraction of sp³-hybridized carbons (Fsp3) is 0.318. The van der Waals surface area contributed by atoms with Gasteiger partial charge in [0, 0.05) is 25.5 Å². The molecule has 1 aliphatic rings. The normalized spacial score (nSPS) is 15.5. The molecule has 0 saturated carbocycles. The van der Waals surface area contributed by atoms with Crippen LogP contribution in [0.4, 0.5) is 0 Å². The Labute approximate surface area is 195 Å². The maximum Gasteiger partial charge on any atom is 0.339 e. The van der Waals surface area contributed by atoms with E-state index in [1.165, 1.54) is 23.5 Å². The lowest BCUT2D eigenvalue weighted by Crippen LogP contribution is -2.41. The molecule has 0 N–H and O–H groups in total. The molecule has 9 nitrogen and oxygen atoms in total. The quantitative estimate of drug-likeness (QED) is 0.488. The highest BCUT2D eigenvalue weighted by molar-refractivity contribution is 7.89. The van der Waals surface area contributed by atoms with E-state index in [1.807, 2.05) is 0 Å². The van der Waals surface area contributed by atoms with Gasteiger partial charge in [0.15, 0.2) is 0 Å². The summed E-state index contributed by atoms with van der Waals surface area (Å²) in [4.78, 5) is 28.8. The number of fused-ring (bicyclic) bond motifs is 1. The smallest absolute Gasteiger partial charge is 0.339 e. The molecule has 1 aliphatic heterocycles. The predicted molar refractivity (Wildman–Crippen MR) is 119 cm³/mol. The maximum atomic E-state index is 13.1. The number of methoxy groups -OCH3 is 1. The number of rotatable bonds is 6. The summed E-state index contributed by atoms with van der Waals surface area (Å²) in [5.74, 6) is -1.53. The van der Waals surface area contributed by atoms with Crippen LogP contribution in [0, 0.1) is 5.92 Å². The van der Waals surface area contributed by atoms with E-state index >= 15 is 0 Å². The number of carbonyl (C=O) groups is 2. The predicted octanol–water partition coefficient (Wildman–Crippen LogP) is 2.92. The maximum absolute atomic E-state index is 13.1. The molecule has 2 aromatic heterocycles. The second-order valence-electron chi connectivity index (χ2n) is 7.62. The fourth-order valence-corrected chi connectivity index (χ4v) is 5.61. The average molecular weight is 492 g/mol. The Bertz CT molecular complexity index is 1300. The number of sulfonamides is 1. The molecule has 11 heteroatoms. The van der Waals surface area contributed by atoms with E-state index < -0.39 is 27.9 Å². The van der Waals surface area contributed by atoms with Crippen molar-refractivity contribution in [3.05, 3.63) is 65.1 Å². The van der Waals surface area contributed by atoms with Gasteiger partial charge in [-0.15, -0.1) is 0 Å². The third-order valence-corrected chi connectivity index (χ3v) is 7.70. The zero-order valence-corrected chi connectivity index (χ0v) is 19.4. The molecule has 3 heterocycles. The lowest BCUT2D eigenvalue weighted by molar-refractivity contribution is -0.151. The number of hydrogen-bond donors (Lipinski definition) is 0. The molecule has 0 unspecified atom stereocenters. The van der Waals surface area contributed by atoms with Crippen LogP contribution in [0.1, 0.15) is 28.9 Å². The number of imidazole rings is 1. The molecule has 0 atom stereocenters. The van der Waals surface area contributed by atoms with Gasteiger partial charge in [-0.3, -0.25) is 4.79 Å². The summed E-state index contributed by atoms with van der Waals surface area (Å²) in [5.41, 5.74) is 1.26. The van der Waals surface area contributed by atoms with Crippen LogP contribution in [0.25, 0.3) is 5.65 Å². The van der Waals surface area contributed by atoms with Gasteiger partial charge < -0.3 is 13.9 Å². The number of piperidine rings is 1. The van der Waals surface area contributed by atoms with E-state index in [9.17, 15) is 18.0 Å². The minimum Gasteiger partial charge on any atom is -0.465 e. The molecule has 0 radical (unpaired) electrons. The Morgan fingerprint density at radius 2 is 1.85 bits per heavy atom. The van der Waals surface area contributed by atoms with Crippen molar-refractivity contribution in [2.45, 2.75) is 24.3 Å². The summed E-state index contributed by atoms with van der Waals surface area (Å²) in [6.07, 6.45) is 4.09. The molecule has 1 fully saturated rings. The van der Waals surface area contributed by atoms with Crippen LogP contribution >= 0.6 is 11.6 Å². The van der Waals surface area contributed by atoms with Gasteiger partial charge in [0.1, 0.15) is 12.3 Å². The van der Waals surface area contributed by atoms with Crippen LogP contribution in [0.5, 0.6) is 0 Å². The molecule has 4 rings (SSSR count). The molecule has 0 amide bonds. The highest BCUT2D eigenvalue weighted by Gasteiger charge is 2.34. The molecule has 1 aromatic carbocycles. The highest BCUT2D eigenvalue weighted by Crippen LogP contribution is 2.27. The Balaban J connectivity index is 1.37. The topological polar surface area (TPSA) is 107 Å². The fourth-order valence-electron chi connectivity index (χ4n) is 3.79. The number of ether oxygens (including phenoxy) is 2. The summed E-state index contributed by atoms with van der Waals surface area (Å²) < 4.78 is 39.4. The van der Waals surface area contributed by atoms with Crippen LogP contribution in [0.15, 0.2) is 53.7 Å². The number of esters is 2. The average Bonchev–Trinajstić information content (AvgIpc) is 3.24. The molecular formula is C22H22ClN3O6S. The molecule has 0 spiro atoms. The number of pyridine rings is 1. The van der Waals surface area contributed by atoms with Crippen LogP contribution in [-0.2, 0) is 30.9 Å². The van der Waals surface area contributed by atoms with E-state index in [0.717, 1.165) is 0 Å². The molecule has 33 heavy (non-hydrogen) atoms. The van der Waals surface area contributed by atoms with Gasteiger partial charge in [0.25, 0.3) is 0 Å². The molecule has 174 valence electrons. The van der Waals surface area contributed by atoms with Crippen molar-refractivity contribution in [2.24, 2.45) is 5.92 Å². The minimum absolute atomic E-state index is 0.0170. The SMILES string of the molecule is COC(=O)c1ccccc1S(=O)(=O)N1CCC(C(=O)OCc2cn3cc(Cl)ccc3n2)CC1. The number of carbonyl (C=O) groups excluding carboxylic acids is 2. The van der Waals surface area contributed by atoms with Crippen molar-refractivity contribution < 1.29 is 27.5 Å². The highest BCUT2D eigenvalue weighted by atomic mass is 35.5. The summed E-state index contributed by atoms with van der Waals surface area (Å²) in [6, 6.07) is 9.41. The first kappa shape index (κ1) is 23.2. The second kappa shape index (κ2) is 9.50. The van der Waals surface area contributed by atoms with Gasteiger partial charge >= 0.3 is 11.9 Å². The standard InChI is InChI=1S/C22H22ClN3O6S/c1-31-22(28)18-4-2-3-5-19(18)33(29,30)26-10-8-15(9-11-26)21(27)32-14-17-13-25-12-16(23)6-7-20(25)24-17/h2-7,12-13,15H,8-11,14H2,1H3. The minimum atomic E-state index is -3.91. The first-order valence-corrected chi connectivity index (χ1v) is 12.1. The van der Waals surface area contributed by atoms with Crippen LogP contribution in [0.2, 0.25) is 5.02 Å². The third-order valence-electron chi connectivity index (χ3n) is 5.52. The number of nitrogens with zero attached hydrogens (tertiary/aromatic N) is 3. The van der Waals surface area contributed by atoms with Gasteiger partial charge in [-0.05, 0) is 37.1 Å². The summed E-state index contributed by atoms with van der Waals surface area (Å²) in [5, 5.41) is 0.569. The third kappa shape index (κ3) is 4.87. The van der Waals surface area contributed by atoms with Gasteiger partial charge in [0.05, 0.1) is 34.2 Å². The van der Waals surface area contributed by atoms with Crippen molar-refractivity contribution in [1.29, 1.82) is 0 Å². The molecular weight excluding hydrogens is 470 g/mol. The van der Waals surface area contributed by atoms with Gasteiger partial charge in [-0.1, -0.05) is 23.7 Å². The van der Waals surface area contributed by atoms with Gasteiger partial charge in [-0.25, -0.2) is 18.2 Å². The van der Waals surface area contributed by atoms with Gasteiger partial charge in [-0.2, -0.15) is 4.31 Å². The van der Waals surface area contributed by atoms with E-state index in [4.69, 9.17) is 21.1 Å². The second-order valence-corrected chi connectivity index (χ2v) is 9.96. The van der Waals surface area contributed by atoms with E-state index in [1.54, 1.807) is 41.1 Å². The van der Waals surface area contributed by atoms with Crippen molar-refractivity contribution in [3.63, 3.8) is 0 Å². The zero-order chi connectivity index (χ0) is 23.6.